The van der Waals surface area contributed by atoms with Crippen molar-refractivity contribution in [3.8, 4) is 0 Å². The Morgan fingerprint density at radius 2 is 1.18 bits per heavy atom. The predicted octanol–water partition coefficient (Wildman–Crippen LogP) is 1.56. The number of aliphatic hydroxyl groups excluding tert-OH is 2. The summed E-state index contributed by atoms with van der Waals surface area (Å²) < 4.78 is 24.2. The molecule has 0 aliphatic carbocycles. The number of aliphatic carboxylic acids is 2. The lowest BCUT2D eigenvalue weighted by Crippen LogP contribution is -2.66. The zero-order valence-corrected chi connectivity index (χ0v) is 20.1. The van der Waals surface area contributed by atoms with Gasteiger partial charge >= 0.3 is 11.9 Å². The molecule has 0 amide bonds. The summed E-state index contributed by atoms with van der Waals surface area (Å²) in [6, 6.07) is 0. The summed E-state index contributed by atoms with van der Waals surface area (Å²) >= 11 is 0. The number of carboxylic acid groups (broad SMARTS) is 2. The molecule has 2 aliphatic rings. The minimum absolute atomic E-state index is 0.0137. The molecule has 188 valence electrons. The quantitative estimate of drug-likeness (QED) is 0.383. The molecule has 0 radical (unpaired) electrons. The third-order valence-electron chi connectivity index (χ3n) is 6.29. The molecule has 1 spiro atoms. The van der Waals surface area contributed by atoms with Crippen LogP contribution in [0.5, 0.6) is 0 Å². The Morgan fingerprint density at radius 1 is 0.818 bits per heavy atom. The first-order valence-electron chi connectivity index (χ1n) is 10.8. The van der Waals surface area contributed by atoms with Crippen molar-refractivity contribution >= 4 is 11.9 Å². The number of hydrogen-bond donors (Lipinski definition) is 4. The molecule has 2 rings (SSSR count). The molecule has 1 unspecified atom stereocenters. The highest BCUT2D eigenvalue weighted by molar-refractivity contribution is 5.87. The first-order valence-corrected chi connectivity index (χ1v) is 10.8. The number of hydrogen-bond acceptors (Lipinski definition) is 8. The first kappa shape index (κ1) is 27.4. The van der Waals surface area contributed by atoms with Crippen molar-refractivity contribution in [1.29, 1.82) is 0 Å². The van der Waals surface area contributed by atoms with Crippen LogP contribution < -0.4 is 0 Å². The van der Waals surface area contributed by atoms with Gasteiger partial charge < -0.3 is 39.4 Å². The van der Waals surface area contributed by atoms with Gasteiger partial charge in [0.05, 0.1) is 38.4 Å². The molecule has 2 aliphatic heterocycles. The average molecular weight is 473 g/mol. The summed E-state index contributed by atoms with van der Waals surface area (Å²) in [5.74, 6) is -2.40. The Balaban J connectivity index is 2.66. The second-order valence-corrected chi connectivity index (χ2v) is 10.3. The molecule has 10 heteroatoms. The van der Waals surface area contributed by atoms with E-state index in [0.29, 0.717) is 0 Å². The smallest absolute Gasteiger partial charge is 0.331 e. The minimum atomic E-state index is -1.60. The summed E-state index contributed by atoms with van der Waals surface area (Å²) in [5.41, 5.74) is -4.44. The molecule has 0 aromatic carbocycles. The molecule has 4 N–H and O–H groups in total. The van der Waals surface area contributed by atoms with Gasteiger partial charge in [-0.05, 0) is 26.0 Å². The highest BCUT2D eigenvalue weighted by atomic mass is 16.7. The summed E-state index contributed by atoms with van der Waals surface area (Å²) in [5, 5.41) is 38.7. The van der Waals surface area contributed by atoms with Crippen LogP contribution in [0.15, 0.2) is 23.3 Å². The van der Waals surface area contributed by atoms with Crippen molar-refractivity contribution in [2.24, 2.45) is 16.2 Å². The molecule has 2 saturated heterocycles. The van der Waals surface area contributed by atoms with E-state index >= 15 is 0 Å². The molecule has 0 aromatic rings. The van der Waals surface area contributed by atoms with E-state index in [1.165, 1.54) is 26.0 Å². The lowest BCUT2D eigenvalue weighted by Gasteiger charge is -2.57. The van der Waals surface area contributed by atoms with Gasteiger partial charge in [0.25, 0.3) is 0 Å². The van der Waals surface area contributed by atoms with E-state index in [1.807, 2.05) is 0 Å². The van der Waals surface area contributed by atoms with Gasteiger partial charge in [0.2, 0.25) is 0 Å². The van der Waals surface area contributed by atoms with Crippen LogP contribution in [0, 0.1) is 16.2 Å². The normalized spacial score (nSPS) is 32.1. The molecular weight excluding hydrogens is 436 g/mol. The fourth-order valence-corrected chi connectivity index (χ4v) is 3.72. The van der Waals surface area contributed by atoms with Crippen LogP contribution in [-0.4, -0.2) is 83.6 Å². The third-order valence-corrected chi connectivity index (χ3v) is 6.29. The predicted molar refractivity (Wildman–Crippen MR) is 116 cm³/mol. The molecule has 33 heavy (non-hydrogen) atoms. The van der Waals surface area contributed by atoms with Gasteiger partial charge in [-0.25, -0.2) is 9.59 Å². The van der Waals surface area contributed by atoms with E-state index < -0.39 is 46.4 Å². The van der Waals surface area contributed by atoms with Crippen molar-refractivity contribution in [3.05, 3.63) is 23.3 Å². The Morgan fingerprint density at radius 3 is 1.55 bits per heavy atom. The Kier molecular flexibility index (Phi) is 8.15. The first-order chi connectivity index (χ1) is 15.2. The maximum Gasteiger partial charge on any atom is 0.331 e. The highest BCUT2D eigenvalue weighted by Gasteiger charge is 2.60. The van der Waals surface area contributed by atoms with Gasteiger partial charge in [0.15, 0.2) is 12.6 Å². The highest BCUT2D eigenvalue weighted by Crippen LogP contribution is 2.50. The van der Waals surface area contributed by atoms with E-state index in [4.69, 9.17) is 18.9 Å². The van der Waals surface area contributed by atoms with E-state index in [-0.39, 0.29) is 44.2 Å². The van der Waals surface area contributed by atoms with Crippen LogP contribution in [0.1, 0.15) is 41.5 Å². The molecular formula is C23H36O10. The Hall–Kier alpha value is -1.82. The number of ether oxygens (including phenoxy) is 4. The van der Waals surface area contributed by atoms with Crippen LogP contribution in [0.2, 0.25) is 0 Å². The second kappa shape index (κ2) is 9.81. The van der Waals surface area contributed by atoms with Gasteiger partial charge in [0, 0.05) is 22.0 Å². The number of carbonyl (C=O) groups is 2. The Labute approximate surface area is 193 Å². The third kappa shape index (κ3) is 5.47. The van der Waals surface area contributed by atoms with E-state index in [0.717, 1.165) is 0 Å². The van der Waals surface area contributed by atoms with Crippen molar-refractivity contribution in [1.82, 2.24) is 0 Å². The fourth-order valence-electron chi connectivity index (χ4n) is 3.72. The van der Waals surface area contributed by atoms with Crippen LogP contribution in [0.3, 0.4) is 0 Å². The van der Waals surface area contributed by atoms with Gasteiger partial charge in [0.1, 0.15) is 5.60 Å². The van der Waals surface area contributed by atoms with Crippen molar-refractivity contribution in [2.75, 3.05) is 33.0 Å². The topological polar surface area (TPSA) is 152 Å². The standard InChI is InChI=1S/C23H36O10/c1-14(16(26)27)7-23(8-15(2)17(28)29)22(13-32-19(33-23)21(5,6)10-25)11-30-18(31-12-22)20(3,4)9-24/h7-8,18-19,24-25H,9-13H2,1-6H3,(H,26,27)(H,28,29). The van der Waals surface area contributed by atoms with Crippen LogP contribution >= 0.6 is 0 Å². The van der Waals surface area contributed by atoms with Gasteiger partial charge in [-0.3, -0.25) is 0 Å². The lowest BCUT2D eigenvalue weighted by molar-refractivity contribution is -0.369. The maximum absolute atomic E-state index is 11.7. The van der Waals surface area contributed by atoms with Crippen LogP contribution in [-0.2, 0) is 28.5 Å². The molecule has 10 nitrogen and oxygen atoms in total. The molecule has 0 aromatic heterocycles. The maximum atomic E-state index is 11.7. The second-order valence-electron chi connectivity index (χ2n) is 10.3. The number of aliphatic hydroxyl groups is 2. The molecule has 1 atom stereocenters. The number of rotatable bonds is 8. The average Bonchev–Trinajstić information content (AvgIpc) is 2.75. The molecule has 2 heterocycles. The minimum Gasteiger partial charge on any atom is -0.478 e. The molecule has 0 bridgehead atoms. The van der Waals surface area contributed by atoms with Crippen LogP contribution in [0.25, 0.3) is 0 Å². The SMILES string of the molecule is CC(=CC1(C=C(C)C(=O)O)OC(C(C)(C)CO)OCC12COC(C(C)(C)CO)OC2)C(=O)O. The Bertz CT molecular complexity index is 764. The summed E-state index contributed by atoms with van der Waals surface area (Å²) in [6.45, 7) is 9.24. The molecule has 0 saturated carbocycles. The van der Waals surface area contributed by atoms with Gasteiger partial charge in [-0.1, -0.05) is 27.7 Å². The summed E-state index contributed by atoms with van der Waals surface area (Å²) in [4.78, 5) is 23.5. The summed E-state index contributed by atoms with van der Waals surface area (Å²) in [6.07, 6.45) is 0.992. The number of carboxylic acids is 2. The monoisotopic (exact) mass is 472 g/mol. The van der Waals surface area contributed by atoms with E-state index in [2.05, 4.69) is 0 Å². The fraction of sp³-hybridized carbons (Fsp3) is 0.739. The van der Waals surface area contributed by atoms with Crippen molar-refractivity contribution in [2.45, 2.75) is 59.7 Å². The van der Waals surface area contributed by atoms with Crippen molar-refractivity contribution < 1.29 is 49.0 Å². The van der Waals surface area contributed by atoms with Gasteiger partial charge in [-0.2, -0.15) is 0 Å². The lowest BCUT2D eigenvalue weighted by atomic mass is 9.69. The zero-order valence-electron chi connectivity index (χ0n) is 20.1. The van der Waals surface area contributed by atoms with E-state index in [1.54, 1.807) is 27.7 Å². The van der Waals surface area contributed by atoms with Crippen molar-refractivity contribution in [3.63, 3.8) is 0 Å². The largest absolute Gasteiger partial charge is 0.478 e. The summed E-state index contributed by atoms with van der Waals surface area (Å²) in [7, 11) is 0. The molecule has 2 fully saturated rings. The van der Waals surface area contributed by atoms with Gasteiger partial charge in [-0.15, -0.1) is 0 Å². The van der Waals surface area contributed by atoms with E-state index in [9.17, 15) is 30.0 Å². The van der Waals surface area contributed by atoms with Crippen LogP contribution in [0.4, 0.5) is 0 Å². The zero-order chi connectivity index (χ0) is 25.2.